The third-order valence-corrected chi connectivity index (χ3v) is 4.94. The number of hydrogen-bond acceptors (Lipinski definition) is 6. The van der Waals surface area contributed by atoms with Crippen LogP contribution in [0.5, 0.6) is 5.88 Å². The fourth-order valence-corrected chi connectivity index (χ4v) is 3.41. The molecule has 2 aromatic rings. The van der Waals surface area contributed by atoms with E-state index in [1.807, 2.05) is 29.3 Å². The first-order chi connectivity index (χ1) is 13.3. The van der Waals surface area contributed by atoms with Gasteiger partial charge in [-0.3, -0.25) is 14.7 Å². The van der Waals surface area contributed by atoms with Gasteiger partial charge in [-0.05, 0) is 24.3 Å². The smallest absolute Gasteiger partial charge is 0.259 e. The lowest BCUT2D eigenvalue weighted by Gasteiger charge is -2.34. The predicted octanol–water partition coefficient (Wildman–Crippen LogP) is 1.60. The first-order valence-electron chi connectivity index (χ1n) is 9.40. The molecule has 27 heavy (non-hydrogen) atoms. The number of pyridine rings is 2. The number of nitrogens with zero attached hydrogens (tertiary/aromatic N) is 4. The predicted molar refractivity (Wildman–Crippen MR) is 99.5 cm³/mol. The number of rotatable bonds is 5. The Morgan fingerprint density at radius 3 is 2.70 bits per heavy atom. The van der Waals surface area contributed by atoms with Gasteiger partial charge in [0.2, 0.25) is 5.88 Å². The maximum Gasteiger partial charge on any atom is 0.259 e. The van der Waals surface area contributed by atoms with E-state index < -0.39 is 0 Å². The highest BCUT2D eigenvalue weighted by atomic mass is 16.5. The van der Waals surface area contributed by atoms with Crippen LogP contribution in [-0.4, -0.2) is 71.2 Å². The Kier molecular flexibility index (Phi) is 5.60. The van der Waals surface area contributed by atoms with Crippen molar-refractivity contribution in [1.82, 2.24) is 19.8 Å². The second-order valence-electron chi connectivity index (χ2n) is 6.85. The van der Waals surface area contributed by atoms with Crippen LogP contribution in [0, 0.1) is 0 Å². The quantitative estimate of drug-likeness (QED) is 0.799. The molecule has 7 nitrogen and oxygen atoms in total. The monoisotopic (exact) mass is 368 g/mol. The van der Waals surface area contributed by atoms with Crippen LogP contribution in [0.15, 0.2) is 42.7 Å². The Labute approximate surface area is 158 Å². The number of carbonyl (C=O) groups is 1. The minimum atomic E-state index is -0.0262. The van der Waals surface area contributed by atoms with Crippen molar-refractivity contribution in [3.8, 4) is 5.88 Å². The molecule has 0 aromatic carbocycles. The van der Waals surface area contributed by atoms with E-state index in [9.17, 15) is 4.79 Å². The topological polar surface area (TPSA) is 67.8 Å². The molecule has 1 atom stereocenters. The Balaban J connectivity index is 1.36. The summed E-state index contributed by atoms with van der Waals surface area (Å²) >= 11 is 0. The molecular formula is C20H24N4O3. The molecule has 0 saturated carbocycles. The van der Waals surface area contributed by atoms with Crippen LogP contribution in [0.2, 0.25) is 0 Å². The zero-order valence-corrected chi connectivity index (χ0v) is 15.3. The van der Waals surface area contributed by atoms with E-state index in [0.717, 1.165) is 31.7 Å². The van der Waals surface area contributed by atoms with Crippen LogP contribution in [0.1, 0.15) is 22.5 Å². The molecule has 2 aromatic heterocycles. The average Bonchev–Trinajstić information content (AvgIpc) is 3.22. The summed E-state index contributed by atoms with van der Waals surface area (Å²) in [6.07, 6.45) is 4.28. The van der Waals surface area contributed by atoms with Gasteiger partial charge in [-0.15, -0.1) is 0 Å². The lowest BCUT2D eigenvalue weighted by Crippen LogP contribution is -2.48. The zero-order chi connectivity index (χ0) is 18.5. The van der Waals surface area contributed by atoms with Gasteiger partial charge in [-0.1, -0.05) is 6.07 Å². The van der Waals surface area contributed by atoms with Gasteiger partial charge in [0, 0.05) is 51.5 Å². The lowest BCUT2D eigenvalue weighted by atomic mass is 10.2. The van der Waals surface area contributed by atoms with Crippen LogP contribution in [0.3, 0.4) is 0 Å². The Hall–Kier alpha value is -2.51. The zero-order valence-electron chi connectivity index (χ0n) is 15.3. The molecule has 2 fully saturated rings. The Bertz CT molecular complexity index is 757. The summed E-state index contributed by atoms with van der Waals surface area (Å²) in [5, 5.41) is 0. The van der Waals surface area contributed by atoms with Crippen LogP contribution in [-0.2, 0) is 11.3 Å². The van der Waals surface area contributed by atoms with Crippen molar-refractivity contribution in [2.24, 2.45) is 0 Å². The minimum absolute atomic E-state index is 0.0190. The van der Waals surface area contributed by atoms with Crippen LogP contribution in [0.4, 0.5) is 0 Å². The summed E-state index contributed by atoms with van der Waals surface area (Å²) in [6, 6.07) is 9.53. The van der Waals surface area contributed by atoms with Crippen molar-refractivity contribution in [3.63, 3.8) is 0 Å². The molecule has 142 valence electrons. The van der Waals surface area contributed by atoms with Gasteiger partial charge < -0.3 is 14.4 Å². The molecule has 1 amide bonds. The van der Waals surface area contributed by atoms with Crippen molar-refractivity contribution in [1.29, 1.82) is 0 Å². The first kappa shape index (κ1) is 17.9. The van der Waals surface area contributed by atoms with E-state index in [-0.39, 0.29) is 12.0 Å². The van der Waals surface area contributed by atoms with Crippen molar-refractivity contribution in [3.05, 3.63) is 54.0 Å². The van der Waals surface area contributed by atoms with Gasteiger partial charge in [0.1, 0.15) is 11.7 Å². The summed E-state index contributed by atoms with van der Waals surface area (Å²) in [6.45, 7) is 5.09. The van der Waals surface area contributed by atoms with Crippen molar-refractivity contribution in [2.45, 2.75) is 19.1 Å². The molecule has 4 heterocycles. The fraction of sp³-hybridized carbons (Fsp3) is 0.450. The Morgan fingerprint density at radius 1 is 1.11 bits per heavy atom. The van der Waals surface area contributed by atoms with E-state index in [2.05, 4.69) is 14.9 Å². The molecule has 0 N–H and O–H groups in total. The van der Waals surface area contributed by atoms with E-state index >= 15 is 0 Å². The highest BCUT2D eigenvalue weighted by Crippen LogP contribution is 2.21. The first-order valence-corrected chi connectivity index (χ1v) is 9.40. The number of ether oxygens (including phenoxy) is 2. The van der Waals surface area contributed by atoms with Crippen molar-refractivity contribution >= 4 is 5.91 Å². The molecule has 0 aliphatic carbocycles. The number of carbonyl (C=O) groups excluding carboxylic acids is 1. The third kappa shape index (κ3) is 4.43. The third-order valence-electron chi connectivity index (χ3n) is 4.94. The SMILES string of the molecule is O=C(c1cccnc1OC1CCOC1)N1CCN(Cc2ccccn2)CC1. The van der Waals surface area contributed by atoms with Crippen molar-refractivity contribution in [2.75, 3.05) is 39.4 Å². The molecule has 7 heteroatoms. The Morgan fingerprint density at radius 2 is 1.96 bits per heavy atom. The van der Waals surface area contributed by atoms with Gasteiger partial charge in [-0.2, -0.15) is 0 Å². The molecular weight excluding hydrogens is 344 g/mol. The van der Waals surface area contributed by atoms with Crippen LogP contribution >= 0.6 is 0 Å². The maximum atomic E-state index is 13.0. The fourth-order valence-electron chi connectivity index (χ4n) is 3.41. The molecule has 0 radical (unpaired) electrons. The second kappa shape index (κ2) is 8.45. The number of amides is 1. The molecule has 1 unspecified atom stereocenters. The van der Waals surface area contributed by atoms with Crippen LogP contribution < -0.4 is 4.74 Å². The van der Waals surface area contributed by atoms with Crippen molar-refractivity contribution < 1.29 is 14.3 Å². The van der Waals surface area contributed by atoms with Gasteiger partial charge in [0.05, 0.1) is 18.9 Å². The van der Waals surface area contributed by atoms with Gasteiger partial charge in [0.15, 0.2) is 0 Å². The molecule has 2 aliphatic rings. The number of piperazine rings is 1. The second-order valence-corrected chi connectivity index (χ2v) is 6.85. The summed E-state index contributed by atoms with van der Waals surface area (Å²) in [5.41, 5.74) is 1.58. The van der Waals surface area contributed by atoms with E-state index in [1.165, 1.54) is 0 Å². The van der Waals surface area contributed by atoms with E-state index in [4.69, 9.17) is 9.47 Å². The average molecular weight is 368 g/mol. The maximum absolute atomic E-state index is 13.0. The lowest BCUT2D eigenvalue weighted by molar-refractivity contribution is 0.0617. The normalized spacial score (nSPS) is 20.6. The van der Waals surface area contributed by atoms with Gasteiger partial charge in [-0.25, -0.2) is 4.98 Å². The molecule has 2 aliphatic heterocycles. The van der Waals surface area contributed by atoms with Gasteiger partial charge >= 0.3 is 0 Å². The van der Waals surface area contributed by atoms with E-state index in [0.29, 0.717) is 37.7 Å². The molecule has 0 bridgehead atoms. The number of hydrogen-bond donors (Lipinski definition) is 0. The molecule has 4 rings (SSSR count). The highest BCUT2D eigenvalue weighted by molar-refractivity contribution is 5.96. The standard InChI is InChI=1S/C20H24N4O3/c25-20(18-5-3-8-22-19(18)27-17-6-13-26-15-17)24-11-9-23(10-12-24)14-16-4-1-2-7-21-16/h1-5,7-8,17H,6,9-15H2. The van der Waals surface area contributed by atoms with E-state index in [1.54, 1.807) is 18.3 Å². The summed E-state index contributed by atoms with van der Waals surface area (Å²) in [4.78, 5) is 25.9. The van der Waals surface area contributed by atoms with Crippen LogP contribution in [0.25, 0.3) is 0 Å². The number of aromatic nitrogens is 2. The summed E-state index contributed by atoms with van der Waals surface area (Å²) in [5.74, 6) is 0.392. The molecule has 0 spiro atoms. The van der Waals surface area contributed by atoms with Gasteiger partial charge in [0.25, 0.3) is 5.91 Å². The minimum Gasteiger partial charge on any atom is -0.471 e. The largest absolute Gasteiger partial charge is 0.471 e. The highest BCUT2D eigenvalue weighted by Gasteiger charge is 2.26. The summed E-state index contributed by atoms with van der Waals surface area (Å²) in [7, 11) is 0. The summed E-state index contributed by atoms with van der Waals surface area (Å²) < 4.78 is 11.3. The molecule has 2 saturated heterocycles.